The number of hydrogen-bond donors (Lipinski definition) is 0. The van der Waals surface area contributed by atoms with Gasteiger partial charge in [0.1, 0.15) is 0 Å². The van der Waals surface area contributed by atoms with E-state index in [1.165, 1.54) is 5.56 Å². The Bertz CT molecular complexity index is 409. The van der Waals surface area contributed by atoms with Gasteiger partial charge < -0.3 is 4.90 Å². The molecular weight excluding hydrogens is 210 g/mol. The van der Waals surface area contributed by atoms with Crippen LogP contribution in [-0.4, -0.2) is 23.9 Å². The van der Waals surface area contributed by atoms with Crippen molar-refractivity contribution in [1.29, 1.82) is 0 Å². The van der Waals surface area contributed by atoms with Crippen LogP contribution in [0.1, 0.15) is 49.5 Å². The van der Waals surface area contributed by atoms with E-state index in [4.69, 9.17) is 0 Å². The van der Waals surface area contributed by atoms with Gasteiger partial charge in [-0.25, -0.2) is 0 Å². The van der Waals surface area contributed by atoms with Gasteiger partial charge in [0.25, 0.3) is 5.91 Å². The number of nitrogens with zero attached hydrogens (tertiary/aromatic N) is 1. The maximum Gasteiger partial charge on any atom is 0.253 e. The van der Waals surface area contributed by atoms with Crippen LogP contribution in [0.2, 0.25) is 0 Å². The third-order valence-electron chi connectivity index (χ3n) is 3.35. The van der Waals surface area contributed by atoms with E-state index in [0.717, 1.165) is 18.7 Å². The fraction of sp³-hybridized carbons (Fsp3) is 0.533. The minimum absolute atomic E-state index is 0.166. The van der Waals surface area contributed by atoms with Crippen LogP contribution in [0.3, 0.4) is 0 Å². The van der Waals surface area contributed by atoms with Crippen LogP contribution in [0.15, 0.2) is 24.3 Å². The lowest BCUT2D eigenvalue weighted by Crippen LogP contribution is -2.55. The highest BCUT2D eigenvalue weighted by atomic mass is 16.2. The number of carbonyl (C=O) groups excluding carboxylic acids is 1. The fourth-order valence-corrected chi connectivity index (χ4v) is 2.32. The molecule has 0 unspecified atom stereocenters. The number of amides is 1. The summed E-state index contributed by atoms with van der Waals surface area (Å²) in [6, 6.07) is 8.01. The van der Waals surface area contributed by atoms with Crippen molar-refractivity contribution in [2.75, 3.05) is 13.1 Å². The summed E-state index contributed by atoms with van der Waals surface area (Å²) in [5.41, 5.74) is 2.39. The van der Waals surface area contributed by atoms with Crippen LogP contribution in [-0.2, 0) is 0 Å². The Morgan fingerprint density at radius 3 is 2.12 bits per heavy atom. The molecular formula is C15H21NO. The SMILES string of the molecule is CC(C)c1ccc(C(=O)N2CC(C)(C)C2)cc1. The summed E-state index contributed by atoms with van der Waals surface area (Å²) in [4.78, 5) is 14.0. The Labute approximate surface area is 104 Å². The first-order valence-corrected chi connectivity index (χ1v) is 6.28. The van der Waals surface area contributed by atoms with E-state index in [9.17, 15) is 4.79 Å². The van der Waals surface area contributed by atoms with E-state index < -0.39 is 0 Å². The molecule has 1 aliphatic heterocycles. The minimum Gasteiger partial charge on any atom is -0.337 e. The molecule has 1 aromatic rings. The zero-order valence-corrected chi connectivity index (χ0v) is 11.2. The van der Waals surface area contributed by atoms with E-state index in [1.54, 1.807) is 0 Å². The van der Waals surface area contributed by atoms with E-state index in [0.29, 0.717) is 11.3 Å². The van der Waals surface area contributed by atoms with Gasteiger partial charge in [0.05, 0.1) is 0 Å². The molecule has 0 spiro atoms. The first-order valence-electron chi connectivity index (χ1n) is 6.28. The van der Waals surface area contributed by atoms with Gasteiger partial charge in [-0.05, 0) is 29.0 Å². The van der Waals surface area contributed by atoms with Crippen molar-refractivity contribution in [2.24, 2.45) is 5.41 Å². The molecule has 0 radical (unpaired) electrons. The van der Waals surface area contributed by atoms with E-state index in [2.05, 4.69) is 39.8 Å². The van der Waals surface area contributed by atoms with Crippen molar-refractivity contribution in [3.05, 3.63) is 35.4 Å². The molecule has 0 aliphatic carbocycles. The molecule has 0 saturated carbocycles. The van der Waals surface area contributed by atoms with Crippen LogP contribution in [0.4, 0.5) is 0 Å². The van der Waals surface area contributed by atoms with Gasteiger partial charge in [0.15, 0.2) is 0 Å². The second-order valence-electron chi connectivity index (χ2n) is 6.10. The molecule has 1 amide bonds. The fourth-order valence-electron chi connectivity index (χ4n) is 2.32. The molecule has 2 heteroatoms. The molecule has 2 rings (SSSR count). The topological polar surface area (TPSA) is 20.3 Å². The summed E-state index contributed by atoms with van der Waals surface area (Å²) in [5, 5.41) is 0. The maximum absolute atomic E-state index is 12.1. The van der Waals surface area contributed by atoms with Gasteiger partial charge in [0, 0.05) is 18.7 Å². The molecule has 0 aromatic heterocycles. The van der Waals surface area contributed by atoms with Crippen molar-refractivity contribution >= 4 is 5.91 Å². The lowest BCUT2D eigenvalue weighted by Gasteiger charge is -2.45. The number of hydrogen-bond acceptors (Lipinski definition) is 1. The average Bonchev–Trinajstić information content (AvgIpc) is 2.25. The van der Waals surface area contributed by atoms with Gasteiger partial charge in [-0.15, -0.1) is 0 Å². The lowest BCUT2D eigenvalue weighted by atomic mass is 9.84. The van der Waals surface area contributed by atoms with Crippen molar-refractivity contribution in [3.63, 3.8) is 0 Å². The van der Waals surface area contributed by atoms with Gasteiger partial charge in [-0.1, -0.05) is 39.8 Å². The highest BCUT2D eigenvalue weighted by molar-refractivity contribution is 5.94. The molecule has 1 aliphatic rings. The Morgan fingerprint density at radius 1 is 1.18 bits per heavy atom. The number of likely N-dealkylation sites (tertiary alicyclic amines) is 1. The number of benzene rings is 1. The normalized spacial score (nSPS) is 18.1. The van der Waals surface area contributed by atoms with Crippen molar-refractivity contribution in [3.8, 4) is 0 Å². The molecule has 1 aromatic carbocycles. The zero-order chi connectivity index (χ0) is 12.6. The Balaban J connectivity index is 2.06. The average molecular weight is 231 g/mol. The summed E-state index contributed by atoms with van der Waals surface area (Å²) in [5.74, 6) is 0.682. The Morgan fingerprint density at radius 2 is 1.71 bits per heavy atom. The van der Waals surface area contributed by atoms with Crippen LogP contribution in [0.25, 0.3) is 0 Å². The van der Waals surface area contributed by atoms with Crippen molar-refractivity contribution in [1.82, 2.24) is 4.90 Å². The summed E-state index contributed by atoms with van der Waals surface area (Å²) in [7, 11) is 0. The minimum atomic E-state index is 0.166. The monoisotopic (exact) mass is 231 g/mol. The van der Waals surface area contributed by atoms with Crippen LogP contribution in [0, 0.1) is 5.41 Å². The summed E-state index contributed by atoms with van der Waals surface area (Å²) in [6.07, 6.45) is 0. The molecule has 0 bridgehead atoms. The highest BCUT2D eigenvalue weighted by Gasteiger charge is 2.37. The molecule has 0 N–H and O–H groups in total. The second-order valence-corrected chi connectivity index (χ2v) is 6.10. The van der Waals surface area contributed by atoms with Gasteiger partial charge in [0.2, 0.25) is 0 Å². The third-order valence-corrected chi connectivity index (χ3v) is 3.35. The molecule has 2 nitrogen and oxygen atoms in total. The second kappa shape index (κ2) is 4.17. The molecule has 1 heterocycles. The first-order chi connectivity index (χ1) is 7.89. The quantitative estimate of drug-likeness (QED) is 0.765. The summed E-state index contributed by atoms with van der Waals surface area (Å²) in [6.45, 7) is 10.5. The summed E-state index contributed by atoms with van der Waals surface area (Å²) >= 11 is 0. The van der Waals surface area contributed by atoms with Crippen LogP contribution in [0.5, 0.6) is 0 Å². The van der Waals surface area contributed by atoms with Crippen molar-refractivity contribution in [2.45, 2.75) is 33.6 Å². The number of rotatable bonds is 2. The van der Waals surface area contributed by atoms with E-state index in [1.807, 2.05) is 17.0 Å². The molecule has 1 fully saturated rings. The van der Waals surface area contributed by atoms with Crippen molar-refractivity contribution < 1.29 is 4.79 Å². The third kappa shape index (κ3) is 2.51. The zero-order valence-electron chi connectivity index (χ0n) is 11.2. The lowest BCUT2D eigenvalue weighted by molar-refractivity contribution is 0.0236. The Kier molecular flexibility index (Phi) is 2.98. The Hall–Kier alpha value is -1.31. The smallest absolute Gasteiger partial charge is 0.253 e. The van der Waals surface area contributed by atoms with E-state index in [-0.39, 0.29) is 5.91 Å². The first kappa shape index (κ1) is 12.2. The van der Waals surface area contributed by atoms with Crippen LogP contribution >= 0.6 is 0 Å². The standard InChI is InChI=1S/C15H21NO/c1-11(2)12-5-7-13(8-6-12)14(17)16-9-15(3,4)10-16/h5-8,11H,9-10H2,1-4H3. The highest BCUT2D eigenvalue weighted by Crippen LogP contribution is 2.30. The van der Waals surface area contributed by atoms with E-state index >= 15 is 0 Å². The molecule has 0 atom stereocenters. The largest absolute Gasteiger partial charge is 0.337 e. The van der Waals surface area contributed by atoms with Gasteiger partial charge in [-0.2, -0.15) is 0 Å². The predicted molar refractivity (Wildman–Crippen MR) is 70.2 cm³/mol. The summed E-state index contributed by atoms with van der Waals surface area (Å²) < 4.78 is 0. The van der Waals surface area contributed by atoms with Gasteiger partial charge >= 0.3 is 0 Å². The van der Waals surface area contributed by atoms with Crippen LogP contribution < -0.4 is 0 Å². The van der Waals surface area contributed by atoms with Gasteiger partial charge in [-0.3, -0.25) is 4.79 Å². The maximum atomic E-state index is 12.1. The number of carbonyl (C=O) groups is 1. The predicted octanol–water partition coefficient (Wildman–Crippen LogP) is 3.29. The molecule has 1 saturated heterocycles. The molecule has 92 valence electrons. The molecule has 17 heavy (non-hydrogen) atoms.